The normalized spacial score (nSPS) is 21.1. The summed E-state index contributed by atoms with van der Waals surface area (Å²) in [5, 5.41) is 0. The lowest BCUT2D eigenvalue weighted by atomic mass is 10.0. The lowest BCUT2D eigenvalue weighted by Crippen LogP contribution is -2.53. The van der Waals surface area contributed by atoms with Gasteiger partial charge in [0.25, 0.3) is 0 Å². The lowest BCUT2D eigenvalue weighted by Gasteiger charge is -2.44. The average Bonchev–Trinajstić information content (AvgIpc) is 2.94. The zero-order chi connectivity index (χ0) is 17.0. The van der Waals surface area contributed by atoms with E-state index in [0.717, 1.165) is 57.8 Å². The molecule has 2 heterocycles. The fraction of sp³-hybridized carbons (Fsp3) is 0.632. The molecular formula is C19H29N3OS. The summed E-state index contributed by atoms with van der Waals surface area (Å²) in [5.41, 5.74) is 1.06. The Balaban J connectivity index is 1.62. The van der Waals surface area contributed by atoms with Gasteiger partial charge >= 0.3 is 0 Å². The van der Waals surface area contributed by atoms with Gasteiger partial charge in [0.15, 0.2) is 0 Å². The quantitative estimate of drug-likeness (QED) is 0.791. The number of carbonyl (C=O) groups excluding carboxylic acids is 1. The molecule has 2 aliphatic heterocycles. The number of nitrogens with zero attached hydrogens (tertiary/aromatic N) is 3. The van der Waals surface area contributed by atoms with Crippen molar-refractivity contribution in [3.05, 3.63) is 30.3 Å². The van der Waals surface area contributed by atoms with Gasteiger partial charge in [0.2, 0.25) is 5.91 Å². The predicted molar refractivity (Wildman–Crippen MR) is 103 cm³/mol. The molecule has 1 aromatic rings. The van der Waals surface area contributed by atoms with Gasteiger partial charge in [-0.3, -0.25) is 9.69 Å². The number of likely N-dealkylation sites (tertiary alicyclic amines) is 1. The van der Waals surface area contributed by atoms with Crippen molar-refractivity contribution in [2.45, 2.75) is 31.6 Å². The van der Waals surface area contributed by atoms with Gasteiger partial charge in [0.05, 0.1) is 10.6 Å². The van der Waals surface area contributed by atoms with E-state index in [-0.39, 0.29) is 10.8 Å². The molecule has 1 amide bonds. The maximum absolute atomic E-state index is 12.5. The first-order valence-electron chi connectivity index (χ1n) is 9.15. The molecule has 4 nitrogen and oxygen atoms in total. The van der Waals surface area contributed by atoms with Crippen molar-refractivity contribution in [1.29, 1.82) is 0 Å². The molecule has 0 unspecified atom stereocenters. The number of piperidine rings is 1. The van der Waals surface area contributed by atoms with E-state index >= 15 is 0 Å². The minimum absolute atomic E-state index is 0.0237. The van der Waals surface area contributed by atoms with E-state index in [1.165, 1.54) is 0 Å². The minimum Gasteiger partial charge on any atom is -0.303 e. The van der Waals surface area contributed by atoms with Crippen LogP contribution in [0.3, 0.4) is 0 Å². The van der Waals surface area contributed by atoms with Crippen LogP contribution in [0.15, 0.2) is 30.3 Å². The van der Waals surface area contributed by atoms with Gasteiger partial charge in [-0.05, 0) is 38.1 Å². The molecule has 2 saturated heterocycles. The summed E-state index contributed by atoms with van der Waals surface area (Å²) in [6, 6.07) is 10.2. The standard InChI is InChI=1S/C19H29N3OS/c1-3-20(4-2)14-15-21-12-10-19(11-13-21)22(18(23)16-24-19)17-8-6-5-7-9-17/h5-9H,3-4,10-16H2,1-2H3. The molecule has 0 aromatic heterocycles. The van der Waals surface area contributed by atoms with Gasteiger partial charge in [-0.25, -0.2) is 0 Å². The molecule has 1 aromatic carbocycles. The number of amides is 1. The van der Waals surface area contributed by atoms with Gasteiger partial charge in [0.1, 0.15) is 0 Å². The molecule has 1 spiro atoms. The predicted octanol–water partition coefficient (Wildman–Crippen LogP) is 2.90. The van der Waals surface area contributed by atoms with Gasteiger partial charge in [-0.15, -0.1) is 11.8 Å². The third-order valence-electron chi connectivity index (χ3n) is 5.40. The summed E-state index contributed by atoms with van der Waals surface area (Å²) in [6.07, 6.45) is 2.13. The van der Waals surface area contributed by atoms with Crippen molar-refractivity contribution >= 4 is 23.4 Å². The fourth-order valence-corrected chi connectivity index (χ4v) is 5.15. The molecule has 0 saturated carbocycles. The molecule has 2 aliphatic rings. The zero-order valence-electron chi connectivity index (χ0n) is 14.9. The first-order valence-corrected chi connectivity index (χ1v) is 10.1. The summed E-state index contributed by atoms with van der Waals surface area (Å²) in [6.45, 7) is 11.2. The van der Waals surface area contributed by atoms with Gasteiger partial charge in [-0.2, -0.15) is 0 Å². The first-order chi connectivity index (χ1) is 11.7. The van der Waals surface area contributed by atoms with E-state index in [4.69, 9.17) is 0 Å². The summed E-state index contributed by atoms with van der Waals surface area (Å²) in [4.78, 5) is 19.6. The highest BCUT2D eigenvalue weighted by atomic mass is 32.2. The molecule has 24 heavy (non-hydrogen) atoms. The van der Waals surface area contributed by atoms with Crippen molar-refractivity contribution in [3.8, 4) is 0 Å². The van der Waals surface area contributed by atoms with Crippen LogP contribution in [0.1, 0.15) is 26.7 Å². The minimum atomic E-state index is -0.0237. The smallest absolute Gasteiger partial charge is 0.238 e. The van der Waals surface area contributed by atoms with Crippen LogP contribution in [0.25, 0.3) is 0 Å². The number of para-hydroxylation sites is 1. The monoisotopic (exact) mass is 347 g/mol. The molecule has 5 heteroatoms. The number of likely N-dealkylation sites (N-methyl/N-ethyl adjacent to an activating group) is 1. The number of hydrogen-bond acceptors (Lipinski definition) is 4. The van der Waals surface area contributed by atoms with Crippen molar-refractivity contribution in [2.75, 3.05) is 49.9 Å². The molecule has 0 radical (unpaired) electrons. The van der Waals surface area contributed by atoms with Crippen molar-refractivity contribution in [2.24, 2.45) is 0 Å². The van der Waals surface area contributed by atoms with E-state index in [1.54, 1.807) is 0 Å². The Hall–Kier alpha value is -1.04. The largest absolute Gasteiger partial charge is 0.303 e. The third-order valence-corrected chi connectivity index (χ3v) is 6.92. The van der Waals surface area contributed by atoms with Crippen LogP contribution in [0, 0.1) is 0 Å². The SMILES string of the molecule is CCN(CC)CCN1CCC2(CC1)SCC(=O)N2c1ccccc1. The highest BCUT2D eigenvalue weighted by Crippen LogP contribution is 2.46. The van der Waals surface area contributed by atoms with E-state index < -0.39 is 0 Å². The van der Waals surface area contributed by atoms with Crippen molar-refractivity contribution in [1.82, 2.24) is 9.80 Å². The Morgan fingerprint density at radius 3 is 2.42 bits per heavy atom. The number of carbonyl (C=O) groups is 1. The summed E-state index contributed by atoms with van der Waals surface area (Å²) in [7, 11) is 0. The van der Waals surface area contributed by atoms with Gasteiger partial charge in [0, 0.05) is 31.9 Å². The topological polar surface area (TPSA) is 26.8 Å². The first kappa shape index (κ1) is 17.8. The average molecular weight is 348 g/mol. The number of hydrogen-bond donors (Lipinski definition) is 0. The second-order valence-corrected chi connectivity index (χ2v) is 8.01. The second-order valence-electron chi connectivity index (χ2n) is 6.67. The number of anilines is 1. The summed E-state index contributed by atoms with van der Waals surface area (Å²) >= 11 is 1.85. The molecular weight excluding hydrogens is 318 g/mol. The van der Waals surface area contributed by atoms with Gasteiger partial charge < -0.3 is 9.80 Å². The lowest BCUT2D eigenvalue weighted by molar-refractivity contribution is -0.116. The van der Waals surface area contributed by atoms with Crippen LogP contribution < -0.4 is 4.90 Å². The number of benzene rings is 1. The van der Waals surface area contributed by atoms with E-state index in [0.29, 0.717) is 5.75 Å². The zero-order valence-corrected chi connectivity index (χ0v) is 15.7. The van der Waals surface area contributed by atoms with Crippen LogP contribution >= 0.6 is 11.8 Å². The van der Waals surface area contributed by atoms with Crippen molar-refractivity contribution < 1.29 is 4.79 Å². The third kappa shape index (κ3) is 3.63. The van der Waals surface area contributed by atoms with Crippen LogP contribution in [-0.4, -0.2) is 65.6 Å². The summed E-state index contributed by atoms with van der Waals surface area (Å²) in [5.74, 6) is 0.886. The number of thioether (sulfide) groups is 1. The van der Waals surface area contributed by atoms with Crippen LogP contribution in [-0.2, 0) is 4.79 Å². The Bertz CT molecular complexity index is 539. The molecule has 0 bridgehead atoms. The van der Waals surface area contributed by atoms with Crippen molar-refractivity contribution in [3.63, 3.8) is 0 Å². The van der Waals surface area contributed by atoms with Gasteiger partial charge in [-0.1, -0.05) is 32.0 Å². The molecule has 3 rings (SSSR count). The molecule has 2 fully saturated rings. The van der Waals surface area contributed by atoms with E-state index in [2.05, 4.69) is 40.7 Å². The summed E-state index contributed by atoms with van der Waals surface area (Å²) < 4.78 is 0. The molecule has 0 N–H and O–H groups in total. The maximum atomic E-state index is 12.5. The van der Waals surface area contributed by atoms with Crippen LogP contribution in [0.2, 0.25) is 0 Å². The molecule has 0 aliphatic carbocycles. The van der Waals surface area contributed by atoms with E-state index in [9.17, 15) is 4.79 Å². The Morgan fingerprint density at radius 1 is 1.12 bits per heavy atom. The molecule has 132 valence electrons. The van der Waals surface area contributed by atoms with Crippen LogP contribution in [0.4, 0.5) is 5.69 Å². The molecule has 0 atom stereocenters. The highest BCUT2D eigenvalue weighted by molar-refractivity contribution is 8.02. The van der Waals surface area contributed by atoms with E-state index in [1.807, 2.05) is 30.0 Å². The Kier molecular flexibility index (Phi) is 5.85. The second kappa shape index (κ2) is 7.89. The Labute approximate surface area is 150 Å². The van der Waals surface area contributed by atoms with Crippen LogP contribution in [0.5, 0.6) is 0 Å². The Morgan fingerprint density at radius 2 is 1.79 bits per heavy atom. The number of rotatable bonds is 6. The highest BCUT2D eigenvalue weighted by Gasteiger charge is 2.48. The maximum Gasteiger partial charge on any atom is 0.238 e. The fourth-order valence-electron chi connectivity index (χ4n) is 3.83.